The van der Waals surface area contributed by atoms with Gasteiger partial charge in [0.05, 0.1) is 19.0 Å². The van der Waals surface area contributed by atoms with Gasteiger partial charge in [0, 0.05) is 50.3 Å². The maximum Gasteiger partial charge on any atom is 0.246 e. The molecule has 0 aromatic carbocycles. The highest BCUT2D eigenvalue weighted by molar-refractivity contribution is 7.90. The van der Waals surface area contributed by atoms with Crippen molar-refractivity contribution in [2.45, 2.75) is 24.7 Å². The number of rotatable bonds is 4. The monoisotopic (exact) mass is 334 g/mol. The fourth-order valence-electron chi connectivity index (χ4n) is 2.59. The van der Waals surface area contributed by atoms with Crippen molar-refractivity contribution < 1.29 is 13.2 Å². The number of fused-ring (bicyclic) bond motifs is 1. The second-order valence-corrected chi connectivity index (χ2v) is 7.50. The average molecular weight is 334 g/mol. The fraction of sp³-hybridized carbons (Fsp3) is 0.400. The number of ether oxygens (including phenoxy) is 1. The SMILES string of the molecule is COc1cncc(CN2CCc3nc(S(C)(=O)=O)ncc3C2)c1. The van der Waals surface area contributed by atoms with Gasteiger partial charge in [-0.1, -0.05) is 0 Å². The molecule has 0 fully saturated rings. The topological polar surface area (TPSA) is 85.3 Å². The normalized spacial score (nSPS) is 15.2. The molecule has 0 N–H and O–H groups in total. The van der Waals surface area contributed by atoms with Crippen LogP contribution in [0.3, 0.4) is 0 Å². The van der Waals surface area contributed by atoms with Gasteiger partial charge in [-0.3, -0.25) is 9.88 Å². The molecule has 8 heteroatoms. The van der Waals surface area contributed by atoms with E-state index in [0.717, 1.165) is 41.9 Å². The molecular formula is C15H18N4O3S. The lowest BCUT2D eigenvalue weighted by molar-refractivity contribution is 0.241. The third kappa shape index (κ3) is 3.65. The Hall–Kier alpha value is -2.06. The summed E-state index contributed by atoms with van der Waals surface area (Å²) >= 11 is 0. The Morgan fingerprint density at radius 2 is 2.13 bits per heavy atom. The van der Waals surface area contributed by atoms with E-state index in [4.69, 9.17) is 4.74 Å². The van der Waals surface area contributed by atoms with Crippen molar-refractivity contribution in [2.24, 2.45) is 0 Å². The number of pyridine rings is 1. The van der Waals surface area contributed by atoms with Gasteiger partial charge in [0.2, 0.25) is 15.0 Å². The molecule has 0 atom stereocenters. The van der Waals surface area contributed by atoms with Crippen LogP contribution in [0.5, 0.6) is 5.75 Å². The summed E-state index contributed by atoms with van der Waals surface area (Å²) in [4.78, 5) is 14.6. The van der Waals surface area contributed by atoms with Crippen molar-refractivity contribution in [3.63, 3.8) is 0 Å². The van der Waals surface area contributed by atoms with Crippen molar-refractivity contribution in [3.05, 3.63) is 41.5 Å². The molecule has 122 valence electrons. The minimum atomic E-state index is -3.36. The molecule has 0 amide bonds. The lowest BCUT2D eigenvalue weighted by Gasteiger charge is -2.27. The Morgan fingerprint density at radius 3 is 2.87 bits per heavy atom. The number of methoxy groups -OCH3 is 1. The number of hydrogen-bond donors (Lipinski definition) is 0. The van der Waals surface area contributed by atoms with E-state index < -0.39 is 9.84 Å². The van der Waals surface area contributed by atoms with Crippen LogP contribution in [0.25, 0.3) is 0 Å². The summed E-state index contributed by atoms with van der Waals surface area (Å²) in [6, 6.07) is 1.96. The van der Waals surface area contributed by atoms with Crippen LogP contribution in [0.2, 0.25) is 0 Å². The smallest absolute Gasteiger partial charge is 0.246 e. The van der Waals surface area contributed by atoms with Crippen LogP contribution in [-0.4, -0.2) is 48.2 Å². The van der Waals surface area contributed by atoms with Crippen molar-refractivity contribution in [1.82, 2.24) is 19.9 Å². The largest absolute Gasteiger partial charge is 0.495 e. The molecule has 0 saturated heterocycles. The summed E-state index contributed by atoms with van der Waals surface area (Å²) in [5.41, 5.74) is 2.86. The van der Waals surface area contributed by atoms with Gasteiger partial charge in [0.15, 0.2) is 0 Å². The number of sulfone groups is 1. The predicted molar refractivity (Wildman–Crippen MR) is 83.7 cm³/mol. The maximum absolute atomic E-state index is 11.5. The molecule has 0 aliphatic carbocycles. The van der Waals surface area contributed by atoms with E-state index in [2.05, 4.69) is 19.9 Å². The number of nitrogens with zero attached hydrogens (tertiary/aromatic N) is 4. The van der Waals surface area contributed by atoms with Gasteiger partial charge in [-0.15, -0.1) is 0 Å². The molecule has 0 unspecified atom stereocenters. The van der Waals surface area contributed by atoms with Gasteiger partial charge in [0.1, 0.15) is 5.75 Å². The lowest BCUT2D eigenvalue weighted by atomic mass is 10.1. The molecule has 3 heterocycles. The minimum absolute atomic E-state index is 0.0957. The van der Waals surface area contributed by atoms with Gasteiger partial charge >= 0.3 is 0 Å². The van der Waals surface area contributed by atoms with Gasteiger partial charge in [-0.2, -0.15) is 0 Å². The van der Waals surface area contributed by atoms with Crippen LogP contribution in [0.1, 0.15) is 16.8 Å². The van der Waals surface area contributed by atoms with Crippen LogP contribution in [-0.2, 0) is 29.3 Å². The highest BCUT2D eigenvalue weighted by atomic mass is 32.2. The standard InChI is InChI=1S/C15H18N4O3S/c1-22-13-5-11(6-16-8-13)9-19-4-3-14-12(10-19)7-17-15(18-14)23(2,20)21/h5-8H,3-4,9-10H2,1-2H3. The molecule has 23 heavy (non-hydrogen) atoms. The Bertz CT molecular complexity index is 823. The van der Waals surface area contributed by atoms with Crippen molar-refractivity contribution in [3.8, 4) is 5.75 Å². The highest BCUT2D eigenvalue weighted by Gasteiger charge is 2.21. The molecule has 0 saturated carbocycles. The van der Waals surface area contributed by atoms with Gasteiger partial charge in [-0.25, -0.2) is 18.4 Å². The van der Waals surface area contributed by atoms with Gasteiger partial charge < -0.3 is 4.74 Å². The summed E-state index contributed by atoms with van der Waals surface area (Å²) in [6.07, 6.45) is 6.95. The zero-order valence-corrected chi connectivity index (χ0v) is 13.9. The molecule has 0 radical (unpaired) electrons. The first-order valence-corrected chi connectivity index (χ1v) is 9.10. The summed E-state index contributed by atoms with van der Waals surface area (Å²) in [5.74, 6) is 0.737. The molecule has 2 aromatic rings. The van der Waals surface area contributed by atoms with E-state index in [0.29, 0.717) is 13.0 Å². The van der Waals surface area contributed by atoms with Crippen molar-refractivity contribution in [1.29, 1.82) is 0 Å². The van der Waals surface area contributed by atoms with Crippen molar-refractivity contribution in [2.75, 3.05) is 19.9 Å². The zero-order chi connectivity index (χ0) is 16.4. The van der Waals surface area contributed by atoms with Gasteiger partial charge in [0.25, 0.3) is 0 Å². The highest BCUT2D eigenvalue weighted by Crippen LogP contribution is 2.20. The zero-order valence-electron chi connectivity index (χ0n) is 13.1. The predicted octanol–water partition coefficient (Wildman–Crippen LogP) is 0.842. The molecular weight excluding hydrogens is 316 g/mol. The van der Waals surface area contributed by atoms with Crippen LogP contribution >= 0.6 is 0 Å². The molecule has 2 aromatic heterocycles. The molecule has 0 bridgehead atoms. The lowest BCUT2D eigenvalue weighted by Crippen LogP contribution is -2.31. The molecule has 3 rings (SSSR count). The van der Waals surface area contributed by atoms with E-state index in [-0.39, 0.29) is 5.16 Å². The Morgan fingerprint density at radius 1 is 1.30 bits per heavy atom. The third-order valence-corrected chi connectivity index (χ3v) is 4.59. The van der Waals surface area contributed by atoms with Crippen molar-refractivity contribution >= 4 is 9.84 Å². The second kappa shape index (κ2) is 6.21. The van der Waals surface area contributed by atoms with E-state index in [9.17, 15) is 8.42 Å². The first kappa shape index (κ1) is 15.8. The van der Waals surface area contributed by atoms with Crippen LogP contribution in [0, 0.1) is 0 Å². The first-order chi connectivity index (χ1) is 11.0. The van der Waals surface area contributed by atoms with Crippen LogP contribution in [0.15, 0.2) is 29.8 Å². The number of hydrogen-bond acceptors (Lipinski definition) is 7. The van der Waals surface area contributed by atoms with Gasteiger partial charge in [-0.05, 0) is 11.6 Å². The molecule has 7 nitrogen and oxygen atoms in total. The minimum Gasteiger partial charge on any atom is -0.495 e. The third-order valence-electron chi connectivity index (χ3n) is 3.73. The average Bonchev–Trinajstić information content (AvgIpc) is 2.53. The fourth-order valence-corrected chi connectivity index (χ4v) is 3.11. The molecule has 1 aliphatic heterocycles. The number of aromatic nitrogens is 3. The quantitative estimate of drug-likeness (QED) is 0.766. The molecule has 1 aliphatic rings. The Balaban J connectivity index is 1.75. The van der Waals surface area contributed by atoms with E-state index in [1.807, 2.05) is 12.3 Å². The summed E-state index contributed by atoms with van der Waals surface area (Å²) < 4.78 is 28.2. The molecule has 0 spiro atoms. The Labute approximate surface area is 135 Å². The van der Waals surface area contributed by atoms with Crippen LogP contribution < -0.4 is 4.74 Å². The van der Waals surface area contributed by atoms with Crippen LogP contribution in [0.4, 0.5) is 0 Å². The summed E-state index contributed by atoms with van der Waals surface area (Å²) in [6.45, 7) is 2.25. The Kier molecular flexibility index (Phi) is 4.27. The van der Waals surface area contributed by atoms with E-state index >= 15 is 0 Å². The summed E-state index contributed by atoms with van der Waals surface area (Å²) in [7, 11) is -1.74. The first-order valence-electron chi connectivity index (χ1n) is 7.21. The van der Waals surface area contributed by atoms with E-state index in [1.54, 1.807) is 19.5 Å². The maximum atomic E-state index is 11.5. The summed E-state index contributed by atoms with van der Waals surface area (Å²) in [5, 5.41) is -0.0957. The second-order valence-electron chi connectivity index (χ2n) is 5.59. The van der Waals surface area contributed by atoms with E-state index in [1.165, 1.54) is 0 Å².